The Morgan fingerprint density at radius 2 is 2.24 bits per heavy atom. The molecule has 0 aliphatic heterocycles. The van der Waals surface area contributed by atoms with E-state index in [1.807, 2.05) is 6.07 Å². The molecule has 0 amide bonds. The van der Waals surface area contributed by atoms with E-state index < -0.39 is 11.9 Å². The van der Waals surface area contributed by atoms with Crippen molar-refractivity contribution in [1.29, 1.82) is 5.26 Å². The maximum Gasteiger partial charge on any atom is 0.173 e. The molecule has 0 unspecified atom stereocenters. The number of nitrogens with two attached hydrogens (primary N) is 1. The molecule has 0 aliphatic rings. The van der Waals surface area contributed by atoms with E-state index in [-0.39, 0.29) is 29.6 Å². The van der Waals surface area contributed by atoms with Crippen LogP contribution in [0.3, 0.4) is 0 Å². The second kappa shape index (κ2) is 7.33. The smallest absolute Gasteiger partial charge is 0.173 e. The van der Waals surface area contributed by atoms with E-state index in [4.69, 9.17) is 27.3 Å². The van der Waals surface area contributed by atoms with Gasteiger partial charge in [0.05, 0.1) is 24.1 Å². The molecule has 1 atom stereocenters. The van der Waals surface area contributed by atoms with Gasteiger partial charge >= 0.3 is 0 Å². The molecule has 17 heavy (non-hydrogen) atoms. The average molecular weight is 279 g/mol. The third kappa shape index (κ3) is 4.04. The summed E-state index contributed by atoms with van der Waals surface area (Å²) >= 11 is 5.85. The van der Waals surface area contributed by atoms with Gasteiger partial charge in [0.2, 0.25) is 0 Å². The van der Waals surface area contributed by atoms with Crippen LogP contribution in [-0.2, 0) is 0 Å². The van der Waals surface area contributed by atoms with Gasteiger partial charge in [-0.3, -0.25) is 0 Å². The third-order valence-electron chi connectivity index (χ3n) is 2.05. The summed E-state index contributed by atoms with van der Waals surface area (Å²) in [5.74, 6) is -0.533. The van der Waals surface area contributed by atoms with Crippen molar-refractivity contribution in [3.63, 3.8) is 0 Å². The van der Waals surface area contributed by atoms with Crippen molar-refractivity contribution in [2.45, 2.75) is 19.4 Å². The van der Waals surface area contributed by atoms with Crippen LogP contribution in [0.25, 0.3) is 0 Å². The topological polar surface area (TPSA) is 59.0 Å². The van der Waals surface area contributed by atoms with E-state index in [1.165, 1.54) is 12.1 Å². The van der Waals surface area contributed by atoms with Gasteiger partial charge < -0.3 is 10.5 Å². The first-order valence-corrected chi connectivity index (χ1v) is 5.22. The third-order valence-corrected chi connectivity index (χ3v) is 2.33. The minimum absolute atomic E-state index is 0. The molecule has 0 heterocycles. The van der Waals surface area contributed by atoms with Crippen molar-refractivity contribution >= 4 is 24.0 Å². The molecule has 94 valence electrons. The van der Waals surface area contributed by atoms with Crippen LogP contribution < -0.4 is 10.5 Å². The van der Waals surface area contributed by atoms with Crippen LogP contribution in [0.15, 0.2) is 12.1 Å². The van der Waals surface area contributed by atoms with Crippen molar-refractivity contribution in [2.24, 2.45) is 5.73 Å². The second-order valence-corrected chi connectivity index (χ2v) is 3.62. The van der Waals surface area contributed by atoms with Crippen LogP contribution in [0.1, 0.15) is 24.9 Å². The summed E-state index contributed by atoms with van der Waals surface area (Å²) in [6, 6.07) is 4.16. The second-order valence-electron chi connectivity index (χ2n) is 3.22. The van der Waals surface area contributed by atoms with Gasteiger partial charge in [-0.15, -0.1) is 12.4 Å². The molecule has 1 rings (SSSR count). The van der Waals surface area contributed by atoms with Crippen LogP contribution >= 0.6 is 24.0 Å². The number of ether oxygens (including phenoxy) is 1. The predicted molar refractivity (Wildman–Crippen MR) is 67.0 cm³/mol. The Morgan fingerprint density at radius 3 is 2.71 bits per heavy atom. The van der Waals surface area contributed by atoms with Gasteiger partial charge in [-0.2, -0.15) is 5.26 Å². The highest BCUT2D eigenvalue weighted by atomic mass is 35.5. The predicted octanol–water partition coefficient (Wildman–Crippen LogP) is 3.21. The zero-order chi connectivity index (χ0) is 12.1. The molecule has 2 N–H and O–H groups in total. The molecule has 0 aromatic heterocycles. The Balaban J connectivity index is 0.00000256. The van der Waals surface area contributed by atoms with E-state index in [0.29, 0.717) is 12.2 Å². The summed E-state index contributed by atoms with van der Waals surface area (Å²) in [7, 11) is 0. The number of hydrogen-bond donors (Lipinski definition) is 1. The standard InChI is InChI=1S/C11H12ClFN2O.ClH/c1-2-16-11-8(12)5-7(6-9(11)13)10(15)3-4-14;/h5-6,10H,2-3,15H2,1H3;1H/t10-;/m1./s1. The van der Waals surface area contributed by atoms with Crippen molar-refractivity contribution in [1.82, 2.24) is 0 Å². The van der Waals surface area contributed by atoms with Gasteiger partial charge in [0.1, 0.15) is 0 Å². The monoisotopic (exact) mass is 278 g/mol. The van der Waals surface area contributed by atoms with Gasteiger partial charge in [0.25, 0.3) is 0 Å². The lowest BCUT2D eigenvalue weighted by Crippen LogP contribution is -2.10. The molecule has 0 spiro atoms. The fourth-order valence-electron chi connectivity index (χ4n) is 1.29. The van der Waals surface area contributed by atoms with Gasteiger partial charge in [0.15, 0.2) is 11.6 Å². The maximum atomic E-state index is 13.6. The maximum absolute atomic E-state index is 13.6. The van der Waals surface area contributed by atoms with Crippen molar-refractivity contribution in [2.75, 3.05) is 6.61 Å². The molecule has 3 nitrogen and oxygen atoms in total. The normalized spacial score (nSPS) is 11.2. The quantitative estimate of drug-likeness (QED) is 0.920. The summed E-state index contributed by atoms with van der Waals surface area (Å²) in [5, 5.41) is 8.67. The van der Waals surface area contributed by atoms with E-state index >= 15 is 0 Å². The Kier molecular flexibility index (Phi) is 6.89. The summed E-state index contributed by atoms with van der Waals surface area (Å²) in [5.41, 5.74) is 6.17. The molecular weight excluding hydrogens is 266 g/mol. The average Bonchev–Trinajstić information content (AvgIpc) is 2.23. The van der Waals surface area contributed by atoms with E-state index in [1.54, 1.807) is 6.92 Å². The van der Waals surface area contributed by atoms with Crippen LogP contribution in [0.2, 0.25) is 5.02 Å². The van der Waals surface area contributed by atoms with Crippen LogP contribution in [0, 0.1) is 17.1 Å². The Labute approximate surface area is 111 Å². The van der Waals surface area contributed by atoms with Gasteiger partial charge in [-0.1, -0.05) is 11.6 Å². The molecular formula is C11H13Cl2FN2O. The molecule has 0 saturated carbocycles. The molecule has 0 fully saturated rings. The number of hydrogen-bond acceptors (Lipinski definition) is 3. The summed E-state index contributed by atoms with van der Waals surface area (Å²) < 4.78 is 18.6. The highest BCUT2D eigenvalue weighted by molar-refractivity contribution is 6.32. The van der Waals surface area contributed by atoms with Crippen molar-refractivity contribution in [3.8, 4) is 11.8 Å². The first-order valence-electron chi connectivity index (χ1n) is 4.84. The van der Waals surface area contributed by atoms with Crippen molar-refractivity contribution in [3.05, 3.63) is 28.5 Å². The Morgan fingerprint density at radius 1 is 1.59 bits per heavy atom. The highest BCUT2D eigenvalue weighted by Crippen LogP contribution is 2.31. The lowest BCUT2D eigenvalue weighted by Gasteiger charge is -2.12. The number of benzene rings is 1. The number of halogens is 3. The molecule has 1 aromatic carbocycles. The Hall–Kier alpha value is -1.02. The van der Waals surface area contributed by atoms with Gasteiger partial charge in [0, 0.05) is 6.04 Å². The highest BCUT2D eigenvalue weighted by Gasteiger charge is 2.14. The largest absolute Gasteiger partial charge is 0.489 e. The summed E-state index contributed by atoms with van der Waals surface area (Å²) in [6.45, 7) is 2.07. The summed E-state index contributed by atoms with van der Waals surface area (Å²) in [4.78, 5) is 0. The van der Waals surface area contributed by atoms with Crippen LogP contribution in [-0.4, -0.2) is 6.61 Å². The van der Waals surface area contributed by atoms with Crippen LogP contribution in [0.5, 0.6) is 5.75 Å². The molecule has 0 bridgehead atoms. The zero-order valence-electron chi connectivity index (χ0n) is 9.24. The molecule has 0 aliphatic carbocycles. The molecule has 0 radical (unpaired) electrons. The molecule has 0 saturated heterocycles. The fourth-order valence-corrected chi connectivity index (χ4v) is 1.56. The van der Waals surface area contributed by atoms with Crippen LogP contribution in [0.4, 0.5) is 4.39 Å². The molecule has 6 heteroatoms. The molecule has 1 aromatic rings. The number of nitriles is 1. The number of rotatable bonds is 4. The number of nitrogens with zero attached hydrogens (tertiary/aromatic N) is 1. The summed E-state index contributed by atoms with van der Waals surface area (Å²) in [6.07, 6.45) is 0.115. The first kappa shape index (κ1) is 16.0. The van der Waals surface area contributed by atoms with E-state index in [2.05, 4.69) is 0 Å². The van der Waals surface area contributed by atoms with Gasteiger partial charge in [-0.05, 0) is 24.6 Å². The van der Waals surface area contributed by atoms with E-state index in [9.17, 15) is 4.39 Å². The van der Waals surface area contributed by atoms with Gasteiger partial charge in [-0.25, -0.2) is 4.39 Å². The Bertz CT molecular complexity index is 397. The lowest BCUT2D eigenvalue weighted by molar-refractivity contribution is 0.321. The lowest BCUT2D eigenvalue weighted by atomic mass is 10.1. The minimum Gasteiger partial charge on any atom is -0.489 e. The zero-order valence-corrected chi connectivity index (χ0v) is 10.8. The van der Waals surface area contributed by atoms with Crippen molar-refractivity contribution < 1.29 is 9.13 Å². The first-order chi connectivity index (χ1) is 7.60. The SMILES string of the molecule is CCOc1c(F)cc([C@H](N)CC#N)cc1Cl.Cl. The minimum atomic E-state index is -0.558. The van der Waals surface area contributed by atoms with E-state index in [0.717, 1.165) is 0 Å². The fraction of sp³-hybridized carbons (Fsp3) is 0.364.